The van der Waals surface area contributed by atoms with Crippen molar-refractivity contribution in [3.8, 4) is 0 Å². The average molecular weight is 380 g/mol. The van der Waals surface area contributed by atoms with Gasteiger partial charge in [0.2, 0.25) is 0 Å². The summed E-state index contributed by atoms with van der Waals surface area (Å²) < 4.78 is 0. The van der Waals surface area contributed by atoms with Crippen LogP contribution in [0.4, 0.5) is 5.69 Å². The topological polar surface area (TPSA) is 40.7 Å². The molecule has 0 radical (unpaired) electrons. The first-order chi connectivity index (χ1) is 14.0. The molecule has 1 aliphatic heterocycles. The molecule has 0 fully saturated rings. The van der Waals surface area contributed by atoms with Gasteiger partial charge in [-0.15, -0.1) is 0 Å². The molecule has 1 aliphatic rings. The smallest absolute Gasteiger partial charge is 0.0999 e. The second-order valence-electron chi connectivity index (χ2n) is 7.57. The summed E-state index contributed by atoms with van der Waals surface area (Å²) in [4.78, 5) is 0. The Morgan fingerprint density at radius 3 is 2.66 bits per heavy atom. The SMILES string of the molecule is C=C/C=C(\C=C(C)C)c1n[nH]c2cc3c(cc12)C=C(Cc1ccccc1)C(=C)N3. The predicted molar refractivity (Wildman–Crippen MR) is 125 cm³/mol. The van der Waals surface area contributed by atoms with Crippen molar-refractivity contribution < 1.29 is 0 Å². The maximum absolute atomic E-state index is 4.59. The fourth-order valence-electron chi connectivity index (χ4n) is 3.65. The van der Waals surface area contributed by atoms with E-state index in [2.05, 4.69) is 91.1 Å². The fraction of sp³-hybridized carbons (Fsp3) is 0.115. The molecule has 29 heavy (non-hydrogen) atoms. The van der Waals surface area contributed by atoms with Crippen LogP contribution in [0, 0.1) is 0 Å². The van der Waals surface area contributed by atoms with Crippen molar-refractivity contribution in [2.45, 2.75) is 20.3 Å². The van der Waals surface area contributed by atoms with Crippen LogP contribution >= 0.6 is 0 Å². The van der Waals surface area contributed by atoms with E-state index < -0.39 is 0 Å². The van der Waals surface area contributed by atoms with Gasteiger partial charge in [-0.2, -0.15) is 5.10 Å². The van der Waals surface area contributed by atoms with Crippen LogP contribution in [-0.2, 0) is 6.42 Å². The summed E-state index contributed by atoms with van der Waals surface area (Å²) >= 11 is 0. The lowest BCUT2D eigenvalue weighted by molar-refractivity contribution is 1.10. The number of aromatic nitrogens is 2. The third-order valence-electron chi connectivity index (χ3n) is 4.99. The number of nitrogens with zero attached hydrogens (tertiary/aromatic N) is 1. The highest BCUT2D eigenvalue weighted by molar-refractivity contribution is 5.98. The van der Waals surface area contributed by atoms with E-state index in [0.29, 0.717) is 0 Å². The van der Waals surface area contributed by atoms with E-state index in [4.69, 9.17) is 0 Å². The lowest BCUT2D eigenvalue weighted by Crippen LogP contribution is -2.09. The largest absolute Gasteiger partial charge is 0.355 e. The Kier molecular flexibility index (Phi) is 5.05. The summed E-state index contributed by atoms with van der Waals surface area (Å²) in [6.45, 7) is 12.3. The van der Waals surface area contributed by atoms with Gasteiger partial charge in [0.05, 0.1) is 11.2 Å². The number of H-pyrrole nitrogens is 1. The number of hydrogen-bond acceptors (Lipinski definition) is 2. The molecule has 0 unspecified atom stereocenters. The summed E-state index contributed by atoms with van der Waals surface area (Å²) in [5, 5.41) is 12.3. The molecule has 0 saturated heterocycles. The van der Waals surface area contributed by atoms with Crippen LogP contribution in [0.1, 0.15) is 30.7 Å². The molecule has 2 N–H and O–H groups in total. The predicted octanol–water partition coefficient (Wildman–Crippen LogP) is 6.66. The van der Waals surface area contributed by atoms with Gasteiger partial charge < -0.3 is 5.32 Å². The van der Waals surface area contributed by atoms with E-state index in [1.54, 1.807) is 6.08 Å². The molecule has 0 amide bonds. The van der Waals surface area contributed by atoms with Crippen molar-refractivity contribution in [1.29, 1.82) is 0 Å². The van der Waals surface area contributed by atoms with Crippen molar-refractivity contribution in [3.05, 3.63) is 108 Å². The zero-order valence-electron chi connectivity index (χ0n) is 16.9. The van der Waals surface area contributed by atoms with Crippen LogP contribution in [0.5, 0.6) is 0 Å². The first-order valence-corrected chi connectivity index (χ1v) is 9.76. The molecule has 3 nitrogen and oxygen atoms in total. The number of aromatic amines is 1. The number of allylic oxidation sites excluding steroid dienone is 6. The summed E-state index contributed by atoms with van der Waals surface area (Å²) in [7, 11) is 0. The molecule has 0 bridgehead atoms. The van der Waals surface area contributed by atoms with Gasteiger partial charge in [-0.05, 0) is 55.2 Å². The second-order valence-corrected chi connectivity index (χ2v) is 7.57. The van der Waals surface area contributed by atoms with E-state index in [0.717, 1.165) is 45.5 Å². The lowest BCUT2D eigenvalue weighted by atomic mass is 9.95. The van der Waals surface area contributed by atoms with E-state index in [-0.39, 0.29) is 0 Å². The zero-order chi connectivity index (χ0) is 20.4. The highest BCUT2D eigenvalue weighted by atomic mass is 15.1. The maximum atomic E-state index is 4.59. The van der Waals surface area contributed by atoms with Crippen molar-refractivity contribution in [2.24, 2.45) is 0 Å². The minimum Gasteiger partial charge on any atom is -0.355 e. The van der Waals surface area contributed by atoms with Crippen LogP contribution in [-0.4, -0.2) is 10.2 Å². The molecule has 144 valence electrons. The molecule has 0 saturated carbocycles. The molecule has 0 atom stereocenters. The van der Waals surface area contributed by atoms with Crippen LogP contribution in [0.2, 0.25) is 0 Å². The van der Waals surface area contributed by atoms with Gasteiger partial charge >= 0.3 is 0 Å². The lowest BCUT2D eigenvalue weighted by Gasteiger charge is -2.21. The molecule has 4 rings (SSSR count). The van der Waals surface area contributed by atoms with Gasteiger partial charge in [0, 0.05) is 22.3 Å². The van der Waals surface area contributed by atoms with E-state index >= 15 is 0 Å². The zero-order valence-corrected chi connectivity index (χ0v) is 16.9. The number of rotatable bonds is 5. The van der Waals surface area contributed by atoms with Gasteiger partial charge in [0.15, 0.2) is 0 Å². The van der Waals surface area contributed by atoms with Crippen molar-refractivity contribution in [1.82, 2.24) is 10.2 Å². The third-order valence-corrected chi connectivity index (χ3v) is 4.99. The Labute approximate surface area is 171 Å². The van der Waals surface area contributed by atoms with Gasteiger partial charge in [-0.3, -0.25) is 5.10 Å². The second kappa shape index (κ2) is 7.80. The number of anilines is 1. The molecule has 0 aliphatic carbocycles. The van der Waals surface area contributed by atoms with Crippen LogP contribution in [0.3, 0.4) is 0 Å². The highest BCUT2D eigenvalue weighted by Crippen LogP contribution is 2.35. The number of fused-ring (bicyclic) bond motifs is 2. The van der Waals surface area contributed by atoms with Crippen molar-refractivity contribution in [2.75, 3.05) is 5.32 Å². The summed E-state index contributed by atoms with van der Waals surface area (Å²) in [5.74, 6) is 0. The Morgan fingerprint density at radius 1 is 1.14 bits per heavy atom. The highest BCUT2D eigenvalue weighted by Gasteiger charge is 2.17. The maximum Gasteiger partial charge on any atom is 0.0999 e. The molecule has 3 aromatic rings. The first-order valence-electron chi connectivity index (χ1n) is 9.76. The summed E-state index contributed by atoms with van der Waals surface area (Å²) in [5.41, 5.74) is 9.80. The molecule has 1 aromatic heterocycles. The van der Waals surface area contributed by atoms with Gasteiger partial charge in [-0.1, -0.05) is 67.3 Å². The van der Waals surface area contributed by atoms with E-state index in [1.807, 2.05) is 12.1 Å². The van der Waals surface area contributed by atoms with Gasteiger partial charge in [0.25, 0.3) is 0 Å². The quantitative estimate of drug-likeness (QED) is 0.486. The number of benzene rings is 2. The van der Waals surface area contributed by atoms with Crippen LogP contribution < -0.4 is 5.32 Å². The standard InChI is InChI=1S/C26H25N3/c1-5-9-20(12-17(2)3)26-23-15-22-14-21(13-19-10-7-6-8-11-19)18(4)27-24(22)16-25(23)28-29-26/h5-12,14-16,27H,1,4,13H2,2-3H3,(H,28,29)/b20-9+. The minimum absolute atomic E-state index is 0.849. The number of hydrogen-bond donors (Lipinski definition) is 2. The first kappa shape index (κ1) is 18.8. The summed E-state index contributed by atoms with van der Waals surface area (Å²) in [6, 6.07) is 14.8. The molecule has 2 heterocycles. The minimum atomic E-state index is 0.849. The fourth-order valence-corrected chi connectivity index (χ4v) is 3.65. The van der Waals surface area contributed by atoms with Crippen molar-refractivity contribution in [3.63, 3.8) is 0 Å². The number of nitrogens with one attached hydrogen (secondary N) is 2. The van der Waals surface area contributed by atoms with Gasteiger partial charge in [-0.25, -0.2) is 0 Å². The third kappa shape index (κ3) is 3.85. The molecular weight excluding hydrogens is 354 g/mol. The Morgan fingerprint density at radius 2 is 1.93 bits per heavy atom. The molecule has 2 aromatic carbocycles. The monoisotopic (exact) mass is 379 g/mol. The Hall–Kier alpha value is -3.59. The van der Waals surface area contributed by atoms with Crippen LogP contribution in [0.25, 0.3) is 22.6 Å². The molecular formula is C26H25N3. The normalized spacial score (nSPS) is 13.5. The molecule has 3 heteroatoms. The van der Waals surface area contributed by atoms with Gasteiger partial charge in [0.1, 0.15) is 0 Å². The van der Waals surface area contributed by atoms with Crippen molar-refractivity contribution >= 4 is 28.2 Å². The molecule has 0 spiro atoms. The van der Waals surface area contributed by atoms with E-state index in [1.165, 1.54) is 16.7 Å². The Bertz CT molecular complexity index is 1180. The Balaban J connectivity index is 1.79. The average Bonchev–Trinajstić information content (AvgIpc) is 3.10. The summed E-state index contributed by atoms with van der Waals surface area (Å²) in [6.07, 6.45) is 9.01. The van der Waals surface area contributed by atoms with E-state index in [9.17, 15) is 0 Å². The van der Waals surface area contributed by atoms with Crippen LogP contribution in [0.15, 0.2) is 90.7 Å².